The smallest absolute Gasteiger partial charge is 0.00139 e. The van der Waals surface area contributed by atoms with E-state index in [2.05, 4.69) is 146 Å². The second-order valence-corrected chi connectivity index (χ2v) is 11.6. The summed E-state index contributed by atoms with van der Waals surface area (Å²) in [5, 5.41) is 23.6. The predicted molar refractivity (Wildman–Crippen MR) is 184 cm³/mol. The molecular weight excluding hydrogens is 504 g/mol. The zero-order valence-corrected chi connectivity index (χ0v) is 22.9. The molecule has 0 aliphatic heterocycles. The van der Waals surface area contributed by atoms with Crippen LogP contribution in [0.1, 0.15) is 0 Å². The standard InChI is InChI=1S/C42H24/c1-2-12-26-25(11-1)27-13-3-7-17-31(27)37-23-39-35-21-9-19-33-29-15-5-6-16-30(29)34-20-10-22-36(42(34)41(33)35)40(39)24-38(37)32-18-8-4-14-28(26)32/h1-24H. The molecule has 10 rings (SSSR count). The molecule has 0 aliphatic carbocycles. The molecule has 0 fully saturated rings. The molecule has 10 aromatic rings. The summed E-state index contributed by atoms with van der Waals surface area (Å²) < 4.78 is 0. The minimum absolute atomic E-state index is 1.28. The number of hydrogen-bond donors (Lipinski definition) is 0. The van der Waals surface area contributed by atoms with Gasteiger partial charge in [0.05, 0.1) is 0 Å². The van der Waals surface area contributed by atoms with Crippen LogP contribution in [-0.2, 0) is 0 Å². The predicted octanol–water partition coefficient (Wildman–Crippen LogP) is 12.1. The lowest BCUT2D eigenvalue weighted by atomic mass is 9.85. The number of rotatable bonds is 0. The molecular formula is C42H24. The van der Waals surface area contributed by atoms with Crippen LogP contribution in [0, 0.1) is 0 Å². The summed E-state index contributed by atoms with van der Waals surface area (Å²) in [5.41, 5.74) is 0. The van der Waals surface area contributed by atoms with Crippen LogP contribution in [0.5, 0.6) is 0 Å². The van der Waals surface area contributed by atoms with Gasteiger partial charge in [-0.25, -0.2) is 0 Å². The molecule has 0 saturated carbocycles. The zero-order valence-electron chi connectivity index (χ0n) is 22.9. The van der Waals surface area contributed by atoms with Gasteiger partial charge in [0.1, 0.15) is 0 Å². The Morgan fingerprint density at radius 3 is 0.667 bits per heavy atom. The van der Waals surface area contributed by atoms with E-state index < -0.39 is 0 Å². The Bertz CT molecular complexity index is 2590. The van der Waals surface area contributed by atoms with Crippen LogP contribution in [0.4, 0.5) is 0 Å². The fourth-order valence-corrected chi connectivity index (χ4v) is 7.84. The average molecular weight is 529 g/mol. The minimum atomic E-state index is 1.28. The molecule has 0 saturated heterocycles. The first-order valence-electron chi connectivity index (χ1n) is 14.7. The van der Waals surface area contributed by atoms with Gasteiger partial charge in [-0.05, 0) is 109 Å². The van der Waals surface area contributed by atoms with Gasteiger partial charge in [0, 0.05) is 0 Å². The fourth-order valence-electron chi connectivity index (χ4n) is 7.84. The average Bonchev–Trinajstić information content (AvgIpc) is 3.07. The third kappa shape index (κ3) is 2.77. The van der Waals surface area contributed by atoms with Crippen LogP contribution >= 0.6 is 0 Å². The maximum atomic E-state index is 2.49. The summed E-state index contributed by atoms with van der Waals surface area (Å²) in [7, 11) is 0. The zero-order chi connectivity index (χ0) is 27.4. The first-order valence-corrected chi connectivity index (χ1v) is 14.7. The number of fused-ring (bicyclic) bond motifs is 14. The highest BCUT2D eigenvalue weighted by Crippen LogP contribution is 2.46. The highest BCUT2D eigenvalue weighted by atomic mass is 14.2. The van der Waals surface area contributed by atoms with Crippen LogP contribution < -0.4 is 0 Å². The van der Waals surface area contributed by atoms with Crippen molar-refractivity contribution in [2.75, 3.05) is 0 Å². The van der Waals surface area contributed by atoms with Gasteiger partial charge >= 0.3 is 0 Å². The van der Waals surface area contributed by atoms with Gasteiger partial charge in [-0.3, -0.25) is 0 Å². The molecule has 0 aliphatic rings. The molecule has 192 valence electrons. The van der Waals surface area contributed by atoms with Crippen LogP contribution in [0.15, 0.2) is 146 Å². The summed E-state index contributed by atoms with van der Waals surface area (Å²) in [5.74, 6) is 0. The molecule has 0 atom stereocenters. The number of benzene rings is 9. The Morgan fingerprint density at radius 2 is 0.357 bits per heavy atom. The second-order valence-electron chi connectivity index (χ2n) is 11.6. The van der Waals surface area contributed by atoms with E-state index in [0.717, 1.165) is 0 Å². The monoisotopic (exact) mass is 528 g/mol. The second kappa shape index (κ2) is 8.06. The van der Waals surface area contributed by atoms with Gasteiger partial charge in [-0.15, -0.1) is 0 Å². The van der Waals surface area contributed by atoms with Crippen molar-refractivity contribution >= 4 is 97.0 Å². The molecule has 0 N–H and O–H groups in total. The Morgan fingerprint density at radius 1 is 0.167 bits per heavy atom. The lowest BCUT2D eigenvalue weighted by Gasteiger charge is -2.18. The molecule has 0 spiro atoms. The number of hydrogen-bond acceptors (Lipinski definition) is 0. The molecule has 0 unspecified atom stereocenters. The molecule has 42 heavy (non-hydrogen) atoms. The van der Waals surface area contributed by atoms with Crippen molar-refractivity contribution < 1.29 is 0 Å². The highest BCUT2D eigenvalue weighted by molar-refractivity contribution is 6.41. The molecule has 0 aromatic heterocycles. The van der Waals surface area contributed by atoms with Crippen LogP contribution in [-0.4, -0.2) is 0 Å². The molecule has 10 aromatic carbocycles. The van der Waals surface area contributed by atoms with Gasteiger partial charge in [-0.2, -0.15) is 0 Å². The van der Waals surface area contributed by atoms with E-state index in [1.807, 2.05) is 0 Å². The first-order chi connectivity index (χ1) is 20.9. The SMILES string of the molecule is c1ccc2c(c1)c1ccccc1c1cc3c(cc1c1ccccc21)c1cccc2c4ccccc4c4cccc3c4c21. The molecule has 0 heterocycles. The van der Waals surface area contributed by atoms with E-state index in [9.17, 15) is 0 Å². The van der Waals surface area contributed by atoms with Gasteiger partial charge in [-0.1, -0.05) is 133 Å². The maximum absolute atomic E-state index is 2.49. The van der Waals surface area contributed by atoms with E-state index >= 15 is 0 Å². The fraction of sp³-hybridized carbons (Fsp3) is 0. The van der Waals surface area contributed by atoms with Crippen molar-refractivity contribution in [1.82, 2.24) is 0 Å². The van der Waals surface area contributed by atoms with Crippen LogP contribution in [0.2, 0.25) is 0 Å². The molecule has 0 heteroatoms. The van der Waals surface area contributed by atoms with Gasteiger partial charge in [0.25, 0.3) is 0 Å². The van der Waals surface area contributed by atoms with Crippen LogP contribution in [0.3, 0.4) is 0 Å². The van der Waals surface area contributed by atoms with Crippen molar-refractivity contribution in [2.45, 2.75) is 0 Å². The van der Waals surface area contributed by atoms with E-state index in [-0.39, 0.29) is 0 Å². The molecule has 0 bridgehead atoms. The van der Waals surface area contributed by atoms with Gasteiger partial charge in [0.15, 0.2) is 0 Å². The molecule has 0 amide bonds. The van der Waals surface area contributed by atoms with Crippen LogP contribution in [0.25, 0.3) is 97.0 Å². The minimum Gasteiger partial charge on any atom is -0.0616 e. The van der Waals surface area contributed by atoms with Crippen molar-refractivity contribution in [3.05, 3.63) is 146 Å². The van der Waals surface area contributed by atoms with Gasteiger partial charge in [0.2, 0.25) is 0 Å². The van der Waals surface area contributed by atoms with E-state index in [4.69, 9.17) is 0 Å². The van der Waals surface area contributed by atoms with Crippen molar-refractivity contribution in [1.29, 1.82) is 0 Å². The Balaban J connectivity index is 1.58. The van der Waals surface area contributed by atoms with Crippen molar-refractivity contribution in [3.63, 3.8) is 0 Å². The van der Waals surface area contributed by atoms with Crippen molar-refractivity contribution in [3.8, 4) is 0 Å². The lowest BCUT2D eigenvalue weighted by Crippen LogP contribution is -1.90. The molecule has 0 nitrogen and oxygen atoms in total. The summed E-state index contributed by atoms with van der Waals surface area (Å²) >= 11 is 0. The Hall–Kier alpha value is -5.46. The topological polar surface area (TPSA) is 0 Å². The summed E-state index contributed by atoms with van der Waals surface area (Å²) in [6, 6.07) is 54.4. The third-order valence-electron chi connectivity index (χ3n) is 9.57. The Labute approximate surface area is 242 Å². The van der Waals surface area contributed by atoms with Crippen molar-refractivity contribution in [2.24, 2.45) is 0 Å². The normalized spacial score (nSPS) is 12.3. The summed E-state index contributed by atoms with van der Waals surface area (Å²) in [6.45, 7) is 0. The largest absolute Gasteiger partial charge is 0.0616 e. The summed E-state index contributed by atoms with van der Waals surface area (Å²) in [6.07, 6.45) is 0. The lowest BCUT2D eigenvalue weighted by molar-refractivity contribution is 1.78. The molecule has 0 radical (unpaired) electrons. The highest BCUT2D eigenvalue weighted by Gasteiger charge is 2.18. The maximum Gasteiger partial charge on any atom is -0.00139 e. The van der Waals surface area contributed by atoms with Gasteiger partial charge < -0.3 is 0 Å². The quantitative estimate of drug-likeness (QED) is 0.136. The third-order valence-corrected chi connectivity index (χ3v) is 9.57. The Kier molecular flexibility index (Phi) is 4.27. The van der Waals surface area contributed by atoms with E-state index in [1.165, 1.54) is 97.0 Å². The summed E-state index contributed by atoms with van der Waals surface area (Å²) in [4.78, 5) is 0. The van der Waals surface area contributed by atoms with E-state index in [0.29, 0.717) is 0 Å². The first kappa shape index (κ1) is 22.3. The van der Waals surface area contributed by atoms with E-state index in [1.54, 1.807) is 0 Å².